The zero-order valence-corrected chi connectivity index (χ0v) is 15.0. The van der Waals surface area contributed by atoms with Crippen molar-refractivity contribution in [3.05, 3.63) is 47.5 Å². The molecule has 2 aromatic carbocycles. The van der Waals surface area contributed by atoms with Gasteiger partial charge >= 0.3 is 12.1 Å². The molecule has 0 spiro atoms. The van der Waals surface area contributed by atoms with Crippen LogP contribution in [0.5, 0.6) is 5.75 Å². The number of hydrogen-bond donors (Lipinski definition) is 1. The van der Waals surface area contributed by atoms with Gasteiger partial charge < -0.3 is 4.74 Å². The zero-order valence-electron chi connectivity index (χ0n) is 14.1. The van der Waals surface area contributed by atoms with Crippen LogP contribution in [0.15, 0.2) is 41.3 Å². The van der Waals surface area contributed by atoms with Crippen molar-refractivity contribution in [2.24, 2.45) is 0 Å². The first-order chi connectivity index (χ1) is 12.3. The molecule has 0 aliphatic carbocycles. The van der Waals surface area contributed by atoms with Crippen molar-refractivity contribution in [3.63, 3.8) is 0 Å². The highest BCUT2D eigenvalue weighted by Gasteiger charge is 2.58. The molecule has 0 radical (unpaired) electrons. The molecular weight excluding hydrogens is 395 g/mol. The second-order valence-electron chi connectivity index (χ2n) is 5.87. The van der Waals surface area contributed by atoms with E-state index in [0.29, 0.717) is 16.7 Å². The van der Waals surface area contributed by atoms with E-state index >= 15 is 0 Å². The fourth-order valence-corrected chi connectivity index (χ4v) is 3.08. The quantitative estimate of drug-likeness (QED) is 0.569. The summed E-state index contributed by atoms with van der Waals surface area (Å²) in [6, 6.07) is 8.59. The van der Waals surface area contributed by atoms with Gasteiger partial charge in [0, 0.05) is 5.56 Å². The normalized spacial score (nSPS) is 12.9. The minimum atomic E-state index is -5.88. The van der Waals surface area contributed by atoms with Crippen LogP contribution in [0.4, 0.5) is 22.0 Å². The van der Waals surface area contributed by atoms with Crippen LogP contribution in [0, 0.1) is 13.8 Å². The van der Waals surface area contributed by atoms with Crippen molar-refractivity contribution in [2.75, 3.05) is 6.61 Å². The van der Waals surface area contributed by atoms with Crippen molar-refractivity contribution in [1.82, 2.24) is 0 Å². The maximum Gasteiger partial charge on any atom is 0.456 e. The molecule has 27 heavy (non-hydrogen) atoms. The van der Waals surface area contributed by atoms with Crippen LogP contribution < -0.4 is 4.74 Å². The average Bonchev–Trinajstić information content (AvgIpc) is 2.51. The van der Waals surface area contributed by atoms with Crippen molar-refractivity contribution >= 4 is 10.1 Å². The Morgan fingerprint density at radius 3 is 2.07 bits per heavy atom. The maximum absolute atomic E-state index is 13.3. The molecule has 1 N–H and O–H groups in total. The van der Waals surface area contributed by atoms with Gasteiger partial charge in [-0.25, -0.2) is 0 Å². The number of rotatable bonds is 5. The van der Waals surface area contributed by atoms with Gasteiger partial charge in [-0.3, -0.25) is 4.55 Å². The third-order valence-corrected chi connectivity index (χ3v) is 4.71. The van der Waals surface area contributed by atoms with Crippen LogP contribution in [-0.4, -0.2) is 31.7 Å². The van der Waals surface area contributed by atoms with Crippen LogP contribution in [0.3, 0.4) is 0 Å². The lowest BCUT2D eigenvalue weighted by Gasteiger charge is -2.23. The highest BCUT2D eigenvalue weighted by Crippen LogP contribution is 2.42. The predicted molar refractivity (Wildman–Crippen MR) is 87.7 cm³/mol. The van der Waals surface area contributed by atoms with E-state index in [4.69, 9.17) is 0 Å². The topological polar surface area (TPSA) is 63.6 Å². The summed E-state index contributed by atoms with van der Waals surface area (Å²) in [5.41, 5.74) is 1.33. The third-order valence-electron chi connectivity index (χ3n) is 3.83. The second kappa shape index (κ2) is 7.08. The van der Waals surface area contributed by atoms with E-state index in [1.807, 2.05) is 0 Å². The summed E-state index contributed by atoms with van der Waals surface area (Å²) in [5, 5.41) is 0. The predicted octanol–water partition coefficient (Wildman–Crippen LogP) is 4.79. The largest absolute Gasteiger partial charge is 0.485 e. The smallest absolute Gasteiger partial charge is 0.456 e. The van der Waals surface area contributed by atoms with Gasteiger partial charge in [-0.1, -0.05) is 30.3 Å². The molecule has 0 bridgehead atoms. The summed E-state index contributed by atoms with van der Waals surface area (Å²) >= 11 is 0. The summed E-state index contributed by atoms with van der Waals surface area (Å²) in [4.78, 5) is -0.899. The van der Waals surface area contributed by atoms with Gasteiger partial charge in [-0.2, -0.15) is 30.4 Å². The molecule has 148 valence electrons. The Bertz CT molecular complexity index is 952. The summed E-state index contributed by atoms with van der Waals surface area (Å²) < 4.78 is 101. The number of hydrogen-bond acceptors (Lipinski definition) is 3. The minimum Gasteiger partial charge on any atom is -0.485 e. The van der Waals surface area contributed by atoms with E-state index in [0.717, 1.165) is 6.07 Å². The van der Waals surface area contributed by atoms with E-state index in [1.165, 1.54) is 19.1 Å². The standard InChI is InChI=1S/C17H15F5O4S/c1-10-5-3-4-6-12(10)14-11(2)7-8-13(27(23,24)25)15(14)26-9-16(18,19)17(20,21)22/h3-8H,9H2,1-2H3,(H,23,24,25). The number of ether oxygens (including phenoxy) is 1. The van der Waals surface area contributed by atoms with Gasteiger partial charge in [0.05, 0.1) is 0 Å². The highest BCUT2D eigenvalue weighted by atomic mass is 32.2. The van der Waals surface area contributed by atoms with Crippen molar-refractivity contribution < 1.29 is 39.7 Å². The molecule has 0 saturated heterocycles. The molecule has 10 heteroatoms. The second-order valence-corrected chi connectivity index (χ2v) is 7.26. The first kappa shape index (κ1) is 21.1. The Morgan fingerprint density at radius 1 is 0.963 bits per heavy atom. The SMILES string of the molecule is Cc1ccccc1-c1c(C)ccc(S(=O)(=O)O)c1OCC(F)(F)C(F)(F)F. The van der Waals surface area contributed by atoms with Crippen LogP contribution in [0.25, 0.3) is 11.1 Å². The van der Waals surface area contributed by atoms with Crippen LogP contribution in [0.1, 0.15) is 11.1 Å². The Morgan fingerprint density at radius 2 is 1.56 bits per heavy atom. The molecule has 0 aromatic heterocycles. The van der Waals surface area contributed by atoms with Crippen LogP contribution >= 0.6 is 0 Å². The summed E-state index contributed by atoms with van der Waals surface area (Å²) in [6.45, 7) is 1.01. The molecule has 4 nitrogen and oxygen atoms in total. The molecule has 0 unspecified atom stereocenters. The molecule has 0 aliphatic heterocycles. The van der Waals surface area contributed by atoms with Gasteiger partial charge in [-0.05, 0) is 36.6 Å². The Balaban J connectivity index is 2.70. The zero-order chi connectivity index (χ0) is 20.6. The van der Waals surface area contributed by atoms with E-state index < -0.39 is 39.5 Å². The number of halogens is 5. The van der Waals surface area contributed by atoms with E-state index in [2.05, 4.69) is 4.74 Å². The molecule has 0 heterocycles. The molecule has 2 rings (SSSR count). The summed E-state index contributed by atoms with van der Waals surface area (Å²) in [6.07, 6.45) is -5.88. The van der Waals surface area contributed by atoms with Gasteiger partial charge in [0.25, 0.3) is 10.1 Å². The fourth-order valence-electron chi connectivity index (χ4n) is 2.44. The molecule has 0 fully saturated rings. The third kappa shape index (κ3) is 4.38. The van der Waals surface area contributed by atoms with E-state index in [-0.39, 0.29) is 5.56 Å². The monoisotopic (exact) mass is 410 g/mol. The lowest BCUT2D eigenvalue weighted by atomic mass is 9.95. The Kier molecular flexibility index (Phi) is 5.53. The van der Waals surface area contributed by atoms with Crippen molar-refractivity contribution in [2.45, 2.75) is 30.8 Å². The van der Waals surface area contributed by atoms with Crippen molar-refractivity contribution in [3.8, 4) is 16.9 Å². The summed E-state index contributed by atoms with van der Waals surface area (Å²) in [5.74, 6) is -5.98. The van der Waals surface area contributed by atoms with Crippen molar-refractivity contribution in [1.29, 1.82) is 0 Å². The lowest BCUT2D eigenvalue weighted by Crippen LogP contribution is -2.42. The van der Waals surface area contributed by atoms with Crippen LogP contribution in [0.2, 0.25) is 0 Å². The van der Waals surface area contributed by atoms with E-state index in [9.17, 15) is 34.9 Å². The first-order valence-corrected chi connectivity index (χ1v) is 8.94. The number of alkyl halides is 5. The van der Waals surface area contributed by atoms with Gasteiger partial charge in [-0.15, -0.1) is 0 Å². The number of benzene rings is 2. The molecule has 0 saturated carbocycles. The summed E-state index contributed by atoms with van der Waals surface area (Å²) in [7, 11) is -4.95. The highest BCUT2D eigenvalue weighted by molar-refractivity contribution is 7.86. The lowest BCUT2D eigenvalue weighted by molar-refractivity contribution is -0.290. The molecule has 0 aliphatic rings. The molecule has 0 atom stereocenters. The fraction of sp³-hybridized carbons (Fsp3) is 0.294. The van der Waals surface area contributed by atoms with Gasteiger partial charge in [0.15, 0.2) is 6.61 Å². The molecule has 2 aromatic rings. The molecule has 0 amide bonds. The maximum atomic E-state index is 13.3. The Hall–Kier alpha value is -2.20. The molecular formula is C17H15F5O4S. The first-order valence-electron chi connectivity index (χ1n) is 7.50. The number of aryl methyl sites for hydroxylation is 2. The van der Waals surface area contributed by atoms with Gasteiger partial charge in [0.1, 0.15) is 10.6 Å². The average molecular weight is 410 g/mol. The van der Waals surface area contributed by atoms with E-state index in [1.54, 1.807) is 25.1 Å². The van der Waals surface area contributed by atoms with Gasteiger partial charge in [0.2, 0.25) is 0 Å². The minimum absolute atomic E-state index is 0.00111. The Labute approximate surface area is 152 Å². The van der Waals surface area contributed by atoms with Crippen LogP contribution in [-0.2, 0) is 10.1 Å².